The van der Waals surface area contributed by atoms with Crippen molar-refractivity contribution in [3.8, 4) is 0 Å². The van der Waals surface area contributed by atoms with Crippen LogP contribution >= 0.6 is 0 Å². The van der Waals surface area contributed by atoms with Crippen LogP contribution in [-0.4, -0.2) is 12.5 Å². The van der Waals surface area contributed by atoms with Crippen molar-refractivity contribution >= 4 is 11.6 Å². The molecule has 0 aliphatic rings. The van der Waals surface area contributed by atoms with Gasteiger partial charge in [0.25, 0.3) is 0 Å². The summed E-state index contributed by atoms with van der Waals surface area (Å²) in [6.07, 6.45) is 1.96. The zero-order chi connectivity index (χ0) is 14.3. The second-order valence-corrected chi connectivity index (χ2v) is 5.57. The lowest BCUT2D eigenvalue weighted by molar-refractivity contribution is -0.124. The summed E-state index contributed by atoms with van der Waals surface area (Å²) in [7, 11) is 0. The molecule has 0 saturated carbocycles. The van der Waals surface area contributed by atoms with Crippen molar-refractivity contribution in [3.05, 3.63) is 29.8 Å². The van der Waals surface area contributed by atoms with E-state index in [1.165, 1.54) is 5.56 Å². The highest BCUT2D eigenvalue weighted by Crippen LogP contribution is 2.22. The molecule has 2 N–H and O–H groups in total. The smallest absolute Gasteiger partial charge is 0.230 e. The summed E-state index contributed by atoms with van der Waals surface area (Å²) >= 11 is 0. The normalized spacial score (nSPS) is 11.4. The lowest BCUT2D eigenvalue weighted by Gasteiger charge is -2.21. The highest BCUT2D eigenvalue weighted by atomic mass is 16.2. The molecule has 0 saturated heterocycles. The molecule has 0 spiro atoms. The molecular weight excluding hydrogens is 236 g/mol. The Labute approximate surface area is 116 Å². The second-order valence-electron chi connectivity index (χ2n) is 5.57. The topological polar surface area (TPSA) is 41.1 Å². The highest BCUT2D eigenvalue weighted by Gasteiger charge is 2.25. The minimum absolute atomic E-state index is 0.0775. The number of carbonyl (C=O) groups excluding carboxylic acids is 1. The fourth-order valence-electron chi connectivity index (χ4n) is 1.63. The van der Waals surface area contributed by atoms with Crippen LogP contribution in [0.4, 0.5) is 5.69 Å². The molecule has 106 valence electrons. The first-order chi connectivity index (χ1) is 8.99. The first-order valence-electron chi connectivity index (χ1n) is 7.10. The average molecular weight is 262 g/mol. The number of carbonyl (C=O) groups is 1. The minimum atomic E-state index is -0.323. The van der Waals surface area contributed by atoms with E-state index in [9.17, 15) is 4.79 Å². The Morgan fingerprint density at radius 2 is 2.00 bits per heavy atom. The molecule has 0 unspecified atom stereocenters. The van der Waals surface area contributed by atoms with Gasteiger partial charge in [-0.15, -0.1) is 0 Å². The molecule has 1 amide bonds. The van der Waals surface area contributed by atoms with Crippen LogP contribution in [0.25, 0.3) is 0 Å². The predicted octanol–water partition coefficient (Wildman–Crippen LogP) is 3.56. The van der Waals surface area contributed by atoms with Crippen molar-refractivity contribution in [1.82, 2.24) is 5.32 Å². The third-order valence-corrected chi connectivity index (χ3v) is 3.44. The lowest BCUT2D eigenvalue weighted by atomic mass is 9.89. The third kappa shape index (κ3) is 5.03. The standard InChI is InChI=1S/C16H26N2O/c1-5-10-17-12-13-8-7-9-14(11-13)18-15(19)16(3,4)6-2/h7-9,11,17H,5-6,10,12H2,1-4H3,(H,18,19). The molecule has 0 aliphatic carbocycles. The van der Waals surface area contributed by atoms with Gasteiger partial charge in [-0.05, 0) is 37.1 Å². The third-order valence-electron chi connectivity index (χ3n) is 3.44. The van der Waals surface area contributed by atoms with Gasteiger partial charge in [0.15, 0.2) is 0 Å². The van der Waals surface area contributed by atoms with E-state index >= 15 is 0 Å². The summed E-state index contributed by atoms with van der Waals surface area (Å²) in [4.78, 5) is 12.1. The van der Waals surface area contributed by atoms with Crippen LogP contribution in [0.1, 0.15) is 46.1 Å². The van der Waals surface area contributed by atoms with Gasteiger partial charge >= 0.3 is 0 Å². The Morgan fingerprint density at radius 1 is 1.26 bits per heavy atom. The van der Waals surface area contributed by atoms with Crippen LogP contribution in [0.5, 0.6) is 0 Å². The van der Waals surface area contributed by atoms with E-state index in [4.69, 9.17) is 0 Å². The molecule has 19 heavy (non-hydrogen) atoms. The monoisotopic (exact) mass is 262 g/mol. The quantitative estimate of drug-likeness (QED) is 0.738. The van der Waals surface area contributed by atoms with Gasteiger partial charge in [0.05, 0.1) is 0 Å². The Hall–Kier alpha value is -1.35. The van der Waals surface area contributed by atoms with Gasteiger partial charge < -0.3 is 10.6 Å². The molecule has 3 nitrogen and oxygen atoms in total. The van der Waals surface area contributed by atoms with Crippen LogP contribution in [0.15, 0.2) is 24.3 Å². The van der Waals surface area contributed by atoms with Gasteiger partial charge in [0.1, 0.15) is 0 Å². The van der Waals surface area contributed by atoms with Gasteiger partial charge in [-0.2, -0.15) is 0 Å². The largest absolute Gasteiger partial charge is 0.326 e. The fraction of sp³-hybridized carbons (Fsp3) is 0.562. The van der Waals surface area contributed by atoms with Crippen LogP contribution < -0.4 is 10.6 Å². The van der Waals surface area contributed by atoms with Gasteiger partial charge in [0.2, 0.25) is 5.91 Å². The molecule has 1 aromatic rings. The first kappa shape index (κ1) is 15.7. The summed E-state index contributed by atoms with van der Waals surface area (Å²) in [6.45, 7) is 9.97. The van der Waals surface area contributed by atoms with Gasteiger partial charge in [0, 0.05) is 17.6 Å². The van der Waals surface area contributed by atoms with E-state index in [0.29, 0.717) is 0 Å². The summed E-state index contributed by atoms with van der Waals surface area (Å²) in [5.74, 6) is 0.0775. The summed E-state index contributed by atoms with van der Waals surface area (Å²) in [5.41, 5.74) is 1.75. The summed E-state index contributed by atoms with van der Waals surface area (Å²) in [5, 5.41) is 6.36. The van der Waals surface area contributed by atoms with Crippen molar-refractivity contribution in [1.29, 1.82) is 0 Å². The zero-order valence-electron chi connectivity index (χ0n) is 12.5. The van der Waals surface area contributed by atoms with Crippen molar-refractivity contribution in [3.63, 3.8) is 0 Å². The molecule has 3 heteroatoms. The SMILES string of the molecule is CCCNCc1cccc(NC(=O)C(C)(C)CC)c1. The van der Waals surface area contributed by atoms with E-state index in [1.54, 1.807) is 0 Å². The molecule has 1 rings (SSSR count). The summed E-state index contributed by atoms with van der Waals surface area (Å²) < 4.78 is 0. The molecule has 0 heterocycles. The van der Waals surface area contributed by atoms with E-state index in [-0.39, 0.29) is 11.3 Å². The van der Waals surface area contributed by atoms with Crippen LogP contribution in [0, 0.1) is 5.41 Å². The van der Waals surface area contributed by atoms with E-state index in [1.807, 2.05) is 39.0 Å². The van der Waals surface area contributed by atoms with Crippen LogP contribution in [0.2, 0.25) is 0 Å². The molecule has 1 aromatic carbocycles. The summed E-state index contributed by atoms with van der Waals surface area (Å²) in [6, 6.07) is 8.03. The van der Waals surface area contributed by atoms with Crippen molar-refractivity contribution in [2.24, 2.45) is 5.41 Å². The Kier molecular flexibility index (Phi) is 6.03. The number of hydrogen-bond acceptors (Lipinski definition) is 2. The number of hydrogen-bond donors (Lipinski definition) is 2. The van der Waals surface area contributed by atoms with Gasteiger partial charge in [-0.25, -0.2) is 0 Å². The number of nitrogens with one attached hydrogen (secondary N) is 2. The molecule has 0 radical (unpaired) electrons. The molecule has 0 fully saturated rings. The Bertz CT molecular complexity index is 413. The number of anilines is 1. The molecule has 0 aromatic heterocycles. The zero-order valence-corrected chi connectivity index (χ0v) is 12.5. The number of benzene rings is 1. The van der Waals surface area contributed by atoms with Gasteiger partial charge in [-0.1, -0.05) is 39.8 Å². The Morgan fingerprint density at radius 3 is 2.63 bits per heavy atom. The minimum Gasteiger partial charge on any atom is -0.326 e. The maximum absolute atomic E-state index is 12.1. The lowest BCUT2D eigenvalue weighted by Crippen LogP contribution is -2.30. The predicted molar refractivity (Wildman–Crippen MR) is 81.1 cm³/mol. The maximum Gasteiger partial charge on any atom is 0.230 e. The van der Waals surface area contributed by atoms with E-state index < -0.39 is 0 Å². The van der Waals surface area contributed by atoms with E-state index in [2.05, 4.69) is 23.6 Å². The van der Waals surface area contributed by atoms with Crippen LogP contribution in [0.3, 0.4) is 0 Å². The maximum atomic E-state index is 12.1. The number of rotatable bonds is 7. The first-order valence-corrected chi connectivity index (χ1v) is 7.10. The second kappa shape index (κ2) is 7.29. The number of amides is 1. The fourth-order valence-corrected chi connectivity index (χ4v) is 1.63. The molecule has 0 atom stereocenters. The Balaban J connectivity index is 2.64. The average Bonchev–Trinajstić information content (AvgIpc) is 2.39. The molecular formula is C16H26N2O. The van der Waals surface area contributed by atoms with Crippen molar-refractivity contribution in [2.75, 3.05) is 11.9 Å². The van der Waals surface area contributed by atoms with Crippen LogP contribution in [-0.2, 0) is 11.3 Å². The van der Waals surface area contributed by atoms with Crippen molar-refractivity contribution < 1.29 is 4.79 Å². The molecule has 0 aliphatic heterocycles. The van der Waals surface area contributed by atoms with Crippen molar-refractivity contribution in [2.45, 2.75) is 47.1 Å². The highest BCUT2D eigenvalue weighted by molar-refractivity contribution is 5.94. The van der Waals surface area contributed by atoms with E-state index in [0.717, 1.165) is 31.6 Å². The van der Waals surface area contributed by atoms with Gasteiger partial charge in [-0.3, -0.25) is 4.79 Å². The molecule has 0 bridgehead atoms.